The number of carbonyl (C=O) groups is 1. The van der Waals surface area contributed by atoms with Crippen molar-refractivity contribution >= 4 is 17.7 Å². The first-order chi connectivity index (χ1) is 7.17. The molecule has 0 spiro atoms. The topological polar surface area (TPSA) is 57.5 Å². The zero-order chi connectivity index (χ0) is 11.3. The number of hydrogen-bond donors (Lipinski definition) is 2. The predicted molar refractivity (Wildman–Crippen MR) is 59.9 cm³/mol. The number of aliphatic carboxylic acids is 1. The molecule has 4 heteroatoms. The summed E-state index contributed by atoms with van der Waals surface area (Å²) in [7, 11) is 0. The van der Waals surface area contributed by atoms with Crippen LogP contribution in [0.25, 0.3) is 0 Å². The summed E-state index contributed by atoms with van der Waals surface area (Å²) in [6.45, 7) is 1.83. The fraction of sp³-hybridized carbons (Fsp3) is 0.364. The average molecular weight is 226 g/mol. The molecule has 82 valence electrons. The monoisotopic (exact) mass is 226 g/mol. The first kappa shape index (κ1) is 12.1. The average Bonchev–Trinajstić information content (AvgIpc) is 2.25. The van der Waals surface area contributed by atoms with E-state index in [0.717, 1.165) is 10.5 Å². The molecule has 1 aromatic rings. The molecule has 0 radical (unpaired) electrons. The van der Waals surface area contributed by atoms with Crippen molar-refractivity contribution in [2.45, 2.75) is 30.1 Å². The summed E-state index contributed by atoms with van der Waals surface area (Å²) < 4.78 is 0. The molecule has 0 aliphatic carbocycles. The second-order valence-electron chi connectivity index (χ2n) is 3.16. The standard InChI is InChI=1S/C11H14O3S/c1-2-10(11(13)14)15-9-5-3-4-8(6-9)7-12/h3-6,10,12H,2,7H2,1H3,(H,13,14). The summed E-state index contributed by atoms with van der Waals surface area (Å²) in [5.74, 6) is -0.795. The number of aliphatic hydroxyl groups excluding tert-OH is 1. The molecular formula is C11H14O3S. The van der Waals surface area contributed by atoms with Crippen LogP contribution in [-0.2, 0) is 11.4 Å². The quantitative estimate of drug-likeness (QED) is 0.755. The Hall–Kier alpha value is -1.00. The van der Waals surface area contributed by atoms with Gasteiger partial charge in [-0.3, -0.25) is 4.79 Å². The fourth-order valence-electron chi connectivity index (χ4n) is 1.19. The lowest BCUT2D eigenvalue weighted by atomic mass is 10.2. The first-order valence-electron chi connectivity index (χ1n) is 4.76. The molecule has 0 aromatic heterocycles. The molecule has 2 N–H and O–H groups in total. The van der Waals surface area contributed by atoms with E-state index >= 15 is 0 Å². The molecule has 0 bridgehead atoms. The maximum Gasteiger partial charge on any atom is 0.316 e. The maximum absolute atomic E-state index is 10.8. The summed E-state index contributed by atoms with van der Waals surface area (Å²) >= 11 is 1.32. The summed E-state index contributed by atoms with van der Waals surface area (Å²) in [6.07, 6.45) is 0.587. The van der Waals surface area contributed by atoms with E-state index in [-0.39, 0.29) is 6.61 Å². The van der Waals surface area contributed by atoms with Crippen LogP contribution in [0.2, 0.25) is 0 Å². The van der Waals surface area contributed by atoms with Gasteiger partial charge in [-0.05, 0) is 24.1 Å². The Kier molecular flexibility index (Phi) is 4.65. The first-order valence-corrected chi connectivity index (χ1v) is 5.64. The molecule has 0 saturated carbocycles. The highest BCUT2D eigenvalue weighted by Crippen LogP contribution is 2.26. The van der Waals surface area contributed by atoms with Gasteiger partial charge < -0.3 is 10.2 Å². The van der Waals surface area contributed by atoms with Gasteiger partial charge in [0.15, 0.2) is 0 Å². The van der Waals surface area contributed by atoms with E-state index in [1.807, 2.05) is 31.2 Å². The van der Waals surface area contributed by atoms with E-state index in [1.165, 1.54) is 11.8 Å². The highest BCUT2D eigenvalue weighted by molar-refractivity contribution is 8.00. The van der Waals surface area contributed by atoms with Crippen LogP contribution in [-0.4, -0.2) is 21.4 Å². The summed E-state index contributed by atoms with van der Waals surface area (Å²) in [5, 5.41) is 17.4. The summed E-state index contributed by atoms with van der Waals surface area (Å²) in [5.41, 5.74) is 0.806. The molecule has 0 aliphatic heterocycles. The van der Waals surface area contributed by atoms with E-state index < -0.39 is 11.2 Å². The third-order valence-electron chi connectivity index (χ3n) is 2.01. The summed E-state index contributed by atoms with van der Waals surface area (Å²) in [6, 6.07) is 7.31. The highest BCUT2D eigenvalue weighted by Gasteiger charge is 2.16. The molecule has 0 saturated heterocycles. The van der Waals surface area contributed by atoms with Crippen LogP contribution in [0.1, 0.15) is 18.9 Å². The van der Waals surface area contributed by atoms with Crippen LogP contribution >= 0.6 is 11.8 Å². The Labute approximate surface area is 93.1 Å². The van der Waals surface area contributed by atoms with Gasteiger partial charge in [-0.15, -0.1) is 11.8 Å². The molecule has 1 atom stereocenters. The van der Waals surface area contributed by atoms with Crippen molar-refractivity contribution in [2.75, 3.05) is 0 Å². The largest absolute Gasteiger partial charge is 0.480 e. The van der Waals surface area contributed by atoms with Gasteiger partial charge in [-0.1, -0.05) is 19.1 Å². The fourth-order valence-corrected chi connectivity index (χ4v) is 2.16. The Bertz CT molecular complexity index is 338. The Morgan fingerprint density at radius 3 is 2.80 bits per heavy atom. The zero-order valence-electron chi connectivity index (χ0n) is 8.51. The molecule has 3 nitrogen and oxygen atoms in total. The van der Waals surface area contributed by atoms with Crippen molar-refractivity contribution in [1.29, 1.82) is 0 Å². The van der Waals surface area contributed by atoms with Gasteiger partial charge in [0.2, 0.25) is 0 Å². The van der Waals surface area contributed by atoms with Gasteiger partial charge in [0.25, 0.3) is 0 Å². The van der Waals surface area contributed by atoms with E-state index in [9.17, 15) is 4.79 Å². The minimum absolute atomic E-state index is 0.0156. The smallest absolute Gasteiger partial charge is 0.316 e. The molecule has 0 heterocycles. The van der Waals surface area contributed by atoms with Gasteiger partial charge in [0.1, 0.15) is 5.25 Å². The van der Waals surface area contributed by atoms with Crippen molar-refractivity contribution in [2.24, 2.45) is 0 Å². The van der Waals surface area contributed by atoms with E-state index in [0.29, 0.717) is 6.42 Å². The van der Waals surface area contributed by atoms with Gasteiger partial charge in [-0.2, -0.15) is 0 Å². The van der Waals surface area contributed by atoms with Crippen molar-refractivity contribution in [1.82, 2.24) is 0 Å². The Morgan fingerprint density at radius 1 is 1.53 bits per heavy atom. The number of thioether (sulfide) groups is 1. The minimum Gasteiger partial charge on any atom is -0.480 e. The molecule has 0 fully saturated rings. The van der Waals surface area contributed by atoms with Gasteiger partial charge in [0.05, 0.1) is 6.61 Å². The van der Waals surface area contributed by atoms with Crippen molar-refractivity contribution < 1.29 is 15.0 Å². The predicted octanol–water partition coefficient (Wildman–Crippen LogP) is 2.13. The van der Waals surface area contributed by atoms with Gasteiger partial charge >= 0.3 is 5.97 Å². The molecule has 1 rings (SSSR count). The summed E-state index contributed by atoms with van der Waals surface area (Å²) in [4.78, 5) is 11.7. The van der Waals surface area contributed by atoms with Crippen molar-refractivity contribution in [3.8, 4) is 0 Å². The lowest BCUT2D eigenvalue weighted by Gasteiger charge is -2.09. The second kappa shape index (κ2) is 5.78. The second-order valence-corrected chi connectivity index (χ2v) is 4.43. The highest BCUT2D eigenvalue weighted by atomic mass is 32.2. The van der Waals surface area contributed by atoms with Crippen molar-refractivity contribution in [3.63, 3.8) is 0 Å². The lowest BCUT2D eigenvalue weighted by molar-refractivity contribution is -0.136. The van der Waals surface area contributed by atoms with Crippen molar-refractivity contribution in [3.05, 3.63) is 29.8 Å². The van der Waals surface area contributed by atoms with Crippen LogP contribution in [0.15, 0.2) is 29.2 Å². The van der Waals surface area contributed by atoms with Crippen LogP contribution < -0.4 is 0 Å². The molecule has 1 unspecified atom stereocenters. The number of carboxylic acid groups (broad SMARTS) is 1. The number of rotatable bonds is 5. The molecule has 0 amide bonds. The van der Waals surface area contributed by atoms with Crippen LogP contribution in [0.3, 0.4) is 0 Å². The van der Waals surface area contributed by atoms with Crippen LogP contribution in [0.4, 0.5) is 0 Å². The maximum atomic E-state index is 10.8. The van der Waals surface area contributed by atoms with Gasteiger partial charge in [0, 0.05) is 4.90 Å². The third-order valence-corrected chi connectivity index (χ3v) is 3.35. The number of aliphatic hydroxyl groups is 1. The normalized spacial score (nSPS) is 12.4. The van der Waals surface area contributed by atoms with E-state index in [1.54, 1.807) is 0 Å². The lowest BCUT2D eigenvalue weighted by Crippen LogP contribution is -2.14. The van der Waals surface area contributed by atoms with E-state index in [4.69, 9.17) is 10.2 Å². The Morgan fingerprint density at radius 2 is 2.27 bits per heavy atom. The molecule has 0 aliphatic rings. The minimum atomic E-state index is -0.795. The molecule has 15 heavy (non-hydrogen) atoms. The number of carboxylic acids is 1. The van der Waals surface area contributed by atoms with E-state index in [2.05, 4.69) is 0 Å². The number of benzene rings is 1. The van der Waals surface area contributed by atoms with Crippen LogP contribution in [0, 0.1) is 0 Å². The van der Waals surface area contributed by atoms with Crippen LogP contribution in [0.5, 0.6) is 0 Å². The SMILES string of the molecule is CCC(Sc1cccc(CO)c1)C(=O)O. The zero-order valence-corrected chi connectivity index (χ0v) is 9.33. The molecular weight excluding hydrogens is 212 g/mol. The molecule has 1 aromatic carbocycles. The third kappa shape index (κ3) is 3.57. The Balaban J connectivity index is 2.74. The number of hydrogen-bond acceptors (Lipinski definition) is 3. The van der Waals surface area contributed by atoms with Gasteiger partial charge in [-0.25, -0.2) is 0 Å².